The molecule has 9 heteroatoms. The number of hydrogen-bond donors (Lipinski definition) is 3. The van der Waals surface area contributed by atoms with E-state index in [-0.39, 0.29) is 17.6 Å². The molecule has 0 radical (unpaired) electrons. The summed E-state index contributed by atoms with van der Waals surface area (Å²) in [7, 11) is 0. The molecule has 0 fully saturated rings. The molecular formula is C23H25F4N3OS. The monoisotopic (exact) mass is 467 g/mol. The van der Waals surface area contributed by atoms with Crippen molar-refractivity contribution in [2.45, 2.75) is 49.8 Å². The van der Waals surface area contributed by atoms with Crippen LogP contribution in [0.25, 0.3) is 10.9 Å². The Kier molecular flexibility index (Phi) is 8.06. The van der Waals surface area contributed by atoms with Crippen molar-refractivity contribution < 1.29 is 22.4 Å². The summed E-state index contributed by atoms with van der Waals surface area (Å²) in [5, 5.41) is 5.61. The smallest absolute Gasteiger partial charge is 0.359 e. The van der Waals surface area contributed by atoms with E-state index in [1.807, 2.05) is 12.1 Å². The summed E-state index contributed by atoms with van der Waals surface area (Å²) in [4.78, 5) is 15.3. The minimum atomic E-state index is -4.18. The average Bonchev–Trinajstić information content (AvgIpc) is 3.12. The van der Waals surface area contributed by atoms with Crippen molar-refractivity contribution in [3.05, 3.63) is 60.0 Å². The molecule has 0 saturated heterocycles. The molecule has 3 aromatic rings. The highest BCUT2D eigenvalue weighted by molar-refractivity contribution is 8.00. The van der Waals surface area contributed by atoms with Gasteiger partial charge in [-0.2, -0.15) is 13.2 Å². The number of benzene rings is 2. The van der Waals surface area contributed by atoms with Gasteiger partial charge in [-0.15, -0.1) is 0 Å². The van der Waals surface area contributed by atoms with Crippen LogP contribution in [-0.4, -0.2) is 21.8 Å². The van der Waals surface area contributed by atoms with Gasteiger partial charge in [0.15, 0.2) is 0 Å². The van der Waals surface area contributed by atoms with Gasteiger partial charge in [-0.25, -0.2) is 9.18 Å². The number of urea groups is 1. The first kappa shape index (κ1) is 24.0. The highest BCUT2D eigenvalue weighted by Gasteiger charge is 2.31. The number of H-pyrrole nitrogens is 1. The zero-order valence-corrected chi connectivity index (χ0v) is 18.4. The molecule has 0 spiro atoms. The van der Waals surface area contributed by atoms with Crippen molar-refractivity contribution in [1.29, 1.82) is 0 Å². The van der Waals surface area contributed by atoms with Crippen LogP contribution in [0.2, 0.25) is 0 Å². The number of aromatic amines is 1. The summed E-state index contributed by atoms with van der Waals surface area (Å²) in [6.07, 6.45) is 4.94. The van der Waals surface area contributed by atoms with Crippen LogP contribution in [0.3, 0.4) is 0 Å². The number of alkyl halides is 3. The number of anilines is 2. The fourth-order valence-corrected chi connectivity index (χ4v) is 4.30. The topological polar surface area (TPSA) is 56.9 Å². The molecule has 0 bridgehead atoms. The van der Waals surface area contributed by atoms with Crippen LogP contribution in [0.15, 0.2) is 48.7 Å². The minimum Gasteiger partial charge on any atom is -0.359 e. The van der Waals surface area contributed by atoms with Crippen molar-refractivity contribution in [2.75, 3.05) is 10.6 Å². The van der Waals surface area contributed by atoms with Crippen LogP contribution in [-0.2, 0) is 6.42 Å². The quantitative estimate of drug-likeness (QED) is 0.223. The third-order valence-corrected chi connectivity index (χ3v) is 6.27. The lowest BCUT2D eigenvalue weighted by atomic mass is 10.1. The van der Waals surface area contributed by atoms with Crippen molar-refractivity contribution in [2.24, 2.45) is 0 Å². The molecule has 0 saturated carbocycles. The Bertz CT molecular complexity index is 1030. The van der Waals surface area contributed by atoms with E-state index in [0.29, 0.717) is 35.1 Å². The van der Waals surface area contributed by atoms with Crippen molar-refractivity contribution in [3.63, 3.8) is 0 Å². The van der Waals surface area contributed by atoms with E-state index in [1.54, 1.807) is 31.3 Å². The maximum atomic E-state index is 13.5. The van der Waals surface area contributed by atoms with E-state index in [0.717, 1.165) is 24.8 Å². The third kappa shape index (κ3) is 7.19. The van der Waals surface area contributed by atoms with Crippen LogP contribution in [0.4, 0.5) is 33.7 Å². The molecule has 0 aliphatic rings. The van der Waals surface area contributed by atoms with E-state index in [4.69, 9.17) is 0 Å². The Morgan fingerprint density at radius 3 is 2.53 bits per heavy atom. The maximum Gasteiger partial charge on any atom is 0.442 e. The van der Waals surface area contributed by atoms with Gasteiger partial charge in [-0.1, -0.05) is 25.5 Å². The van der Waals surface area contributed by atoms with Gasteiger partial charge >= 0.3 is 11.5 Å². The Hall–Kier alpha value is -2.68. The number of hydrogen-bond acceptors (Lipinski definition) is 2. The van der Waals surface area contributed by atoms with Crippen molar-refractivity contribution >= 4 is 40.1 Å². The summed E-state index contributed by atoms with van der Waals surface area (Å²) < 4.78 is 51.0. The molecular weight excluding hydrogens is 442 g/mol. The van der Waals surface area contributed by atoms with Crippen molar-refractivity contribution in [3.8, 4) is 0 Å². The first-order chi connectivity index (χ1) is 15.2. The van der Waals surface area contributed by atoms with Gasteiger partial charge in [-0.05, 0) is 73.3 Å². The number of carbonyl (C=O) groups is 1. The SMILES string of the molecule is CCC(CCCCc1ccc(NC(=O)Nc2c[nH]c3ccc(F)cc23)cc1)SC(F)(F)F. The van der Waals surface area contributed by atoms with Gasteiger partial charge in [-0.3, -0.25) is 0 Å². The Balaban J connectivity index is 1.45. The number of aromatic nitrogens is 1. The number of thioether (sulfide) groups is 1. The molecule has 3 N–H and O–H groups in total. The number of rotatable bonds is 9. The predicted molar refractivity (Wildman–Crippen MR) is 123 cm³/mol. The van der Waals surface area contributed by atoms with Crippen LogP contribution in [0, 0.1) is 5.82 Å². The second-order valence-electron chi connectivity index (χ2n) is 7.51. The number of unbranched alkanes of at least 4 members (excludes halogenated alkanes) is 1. The molecule has 32 heavy (non-hydrogen) atoms. The molecule has 1 unspecified atom stereocenters. The summed E-state index contributed by atoms with van der Waals surface area (Å²) in [5.41, 5.74) is -1.33. The average molecular weight is 468 g/mol. The zero-order chi connectivity index (χ0) is 23.1. The van der Waals surface area contributed by atoms with E-state index in [1.165, 1.54) is 12.1 Å². The normalized spacial score (nSPS) is 12.7. The van der Waals surface area contributed by atoms with Crippen molar-refractivity contribution in [1.82, 2.24) is 4.98 Å². The molecule has 0 aliphatic carbocycles. The number of aryl methyl sites for hydroxylation is 1. The lowest BCUT2D eigenvalue weighted by Gasteiger charge is -2.16. The fourth-order valence-electron chi connectivity index (χ4n) is 3.47. The predicted octanol–water partition coefficient (Wildman–Crippen LogP) is 7.70. The van der Waals surface area contributed by atoms with Gasteiger partial charge in [0.25, 0.3) is 0 Å². The third-order valence-electron chi connectivity index (χ3n) is 5.10. The fraction of sp³-hybridized carbons (Fsp3) is 0.348. The summed E-state index contributed by atoms with van der Waals surface area (Å²) in [6.45, 7) is 1.78. The molecule has 2 aromatic carbocycles. The standard InChI is InChI=1S/C23H25F4N3OS/c1-2-18(32-23(25,26)27)6-4-3-5-15-7-10-17(11-8-15)29-22(31)30-21-14-28-20-12-9-16(24)13-19(20)21/h7-14,18,28H,2-6H2,1H3,(H2,29,30,31). The Labute approximate surface area is 188 Å². The summed E-state index contributed by atoms with van der Waals surface area (Å²) in [6, 6.07) is 11.2. The molecule has 2 amide bonds. The number of carbonyl (C=O) groups excluding carboxylic acids is 1. The van der Waals surface area contributed by atoms with Crippen LogP contribution >= 0.6 is 11.8 Å². The zero-order valence-electron chi connectivity index (χ0n) is 17.6. The Morgan fingerprint density at radius 2 is 1.84 bits per heavy atom. The molecule has 3 rings (SSSR count). The van der Waals surface area contributed by atoms with Crippen LogP contribution in [0.5, 0.6) is 0 Å². The largest absolute Gasteiger partial charge is 0.442 e. The number of fused-ring (bicyclic) bond motifs is 1. The molecule has 172 valence electrons. The maximum absolute atomic E-state index is 13.5. The lowest BCUT2D eigenvalue weighted by molar-refractivity contribution is -0.0334. The summed E-state index contributed by atoms with van der Waals surface area (Å²) in [5.74, 6) is -0.388. The van der Waals surface area contributed by atoms with E-state index >= 15 is 0 Å². The lowest BCUT2D eigenvalue weighted by Crippen LogP contribution is -2.19. The molecule has 4 nitrogen and oxygen atoms in total. The van der Waals surface area contributed by atoms with Gasteiger partial charge < -0.3 is 15.6 Å². The second-order valence-corrected chi connectivity index (χ2v) is 8.87. The van der Waals surface area contributed by atoms with Gasteiger partial charge in [0.1, 0.15) is 5.82 Å². The number of nitrogens with one attached hydrogen (secondary N) is 3. The second kappa shape index (κ2) is 10.8. The van der Waals surface area contributed by atoms with Gasteiger partial charge in [0.2, 0.25) is 0 Å². The van der Waals surface area contributed by atoms with Gasteiger partial charge in [0, 0.05) is 28.0 Å². The molecule has 1 atom stereocenters. The highest BCUT2D eigenvalue weighted by Crippen LogP contribution is 2.37. The molecule has 1 aromatic heterocycles. The van der Waals surface area contributed by atoms with Gasteiger partial charge in [0.05, 0.1) is 5.69 Å². The number of halogens is 4. The van der Waals surface area contributed by atoms with E-state index < -0.39 is 16.8 Å². The molecule has 0 aliphatic heterocycles. The summed E-state index contributed by atoms with van der Waals surface area (Å²) >= 11 is 0.0913. The number of amides is 2. The van der Waals surface area contributed by atoms with E-state index in [2.05, 4.69) is 15.6 Å². The highest BCUT2D eigenvalue weighted by atomic mass is 32.2. The van der Waals surface area contributed by atoms with Crippen LogP contribution in [0.1, 0.15) is 38.2 Å². The first-order valence-electron chi connectivity index (χ1n) is 10.4. The first-order valence-corrected chi connectivity index (χ1v) is 11.3. The minimum absolute atomic E-state index is 0.0913. The van der Waals surface area contributed by atoms with Crippen LogP contribution < -0.4 is 10.6 Å². The Morgan fingerprint density at radius 1 is 1.09 bits per heavy atom. The van der Waals surface area contributed by atoms with E-state index in [9.17, 15) is 22.4 Å². The molecule has 1 heterocycles.